The Morgan fingerprint density at radius 2 is 2.20 bits per heavy atom. The number of rotatable bonds is 4. The topological polar surface area (TPSA) is 47.8 Å². The van der Waals surface area contributed by atoms with Crippen LogP contribution in [0.5, 0.6) is 0 Å². The van der Waals surface area contributed by atoms with Gasteiger partial charge in [0.25, 0.3) is 0 Å². The minimum absolute atomic E-state index is 0.385. The Kier molecular flexibility index (Phi) is 4.40. The highest BCUT2D eigenvalue weighted by atomic mass is 79.9. The molecule has 0 aliphatic carbocycles. The summed E-state index contributed by atoms with van der Waals surface area (Å²) in [5.41, 5.74) is 0. The van der Waals surface area contributed by atoms with Crippen molar-refractivity contribution in [2.75, 3.05) is 0 Å². The van der Waals surface area contributed by atoms with Crippen molar-refractivity contribution in [1.29, 1.82) is 0 Å². The monoisotopic (exact) mass is 333 g/mol. The number of halogens is 4. The Labute approximate surface area is 110 Å². The third-order valence-electron chi connectivity index (χ3n) is 1.78. The molecule has 15 heavy (non-hydrogen) atoms. The molecule has 0 bridgehead atoms. The maximum absolute atomic E-state index is 11.9. The maximum Gasteiger partial charge on any atom is 0.191 e. The summed E-state index contributed by atoms with van der Waals surface area (Å²) in [7, 11) is 0. The highest BCUT2D eigenvalue weighted by Crippen LogP contribution is 2.33. The minimum Gasteiger partial charge on any atom is -0.294 e. The van der Waals surface area contributed by atoms with Crippen LogP contribution in [0.1, 0.15) is 11.9 Å². The summed E-state index contributed by atoms with van der Waals surface area (Å²) in [6.45, 7) is 1.45. The zero-order valence-corrected chi connectivity index (χ0v) is 11.4. The third kappa shape index (κ3) is 2.84. The van der Waals surface area contributed by atoms with Crippen molar-refractivity contribution in [3.05, 3.63) is 12.7 Å². The van der Waals surface area contributed by atoms with Gasteiger partial charge in [-0.1, -0.05) is 15.9 Å². The molecule has 4 nitrogen and oxygen atoms in total. The fourth-order valence-electron chi connectivity index (χ4n) is 0.795. The molecule has 0 aromatic carbocycles. The van der Waals surface area contributed by atoms with Crippen molar-refractivity contribution in [1.82, 2.24) is 14.8 Å². The molecule has 0 saturated heterocycles. The van der Waals surface area contributed by atoms with Gasteiger partial charge in [-0.2, -0.15) is 5.10 Å². The predicted octanol–water partition coefficient (Wildman–Crippen LogP) is 2.54. The number of hydrogen-bond donors (Lipinski definition) is 0. The van der Waals surface area contributed by atoms with Gasteiger partial charge >= 0.3 is 0 Å². The van der Waals surface area contributed by atoms with E-state index < -0.39 is 14.7 Å². The molecule has 84 valence electrons. The van der Waals surface area contributed by atoms with Crippen LogP contribution in [-0.4, -0.2) is 30.3 Å². The highest BCUT2D eigenvalue weighted by Gasteiger charge is 2.41. The summed E-state index contributed by atoms with van der Waals surface area (Å²) in [4.78, 5) is 12.5. The molecule has 2 unspecified atom stereocenters. The van der Waals surface area contributed by atoms with Crippen LogP contribution >= 0.6 is 50.7 Å². The lowest BCUT2D eigenvalue weighted by atomic mass is 10.1. The van der Waals surface area contributed by atoms with Crippen molar-refractivity contribution >= 4 is 56.5 Å². The van der Waals surface area contributed by atoms with Gasteiger partial charge < -0.3 is 0 Å². The number of carbonyl (C=O) groups is 1. The first-order valence-electron chi connectivity index (χ1n) is 3.87. The van der Waals surface area contributed by atoms with Crippen LogP contribution in [0.15, 0.2) is 12.7 Å². The van der Waals surface area contributed by atoms with Crippen molar-refractivity contribution in [2.24, 2.45) is 0 Å². The second kappa shape index (κ2) is 4.99. The molecule has 0 aliphatic heterocycles. The smallest absolute Gasteiger partial charge is 0.191 e. The molecule has 2 atom stereocenters. The normalized spacial score (nSPS) is 17.5. The summed E-state index contributed by atoms with van der Waals surface area (Å²) in [5.74, 6) is -0.385. The number of ketones is 1. The van der Waals surface area contributed by atoms with E-state index in [0.29, 0.717) is 0 Å². The third-order valence-corrected chi connectivity index (χ3v) is 4.11. The van der Waals surface area contributed by atoms with Crippen LogP contribution in [0.4, 0.5) is 0 Å². The van der Waals surface area contributed by atoms with E-state index in [4.69, 9.17) is 34.8 Å². The van der Waals surface area contributed by atoms with Gasteiger partial charge in [0.05, 0.1) is 0 Å². The van der Waals surface area contributed by atoms with Crippen molar-refractivity contribution in [2.45, 2.75) is 21.6 Å². The average molecular weight is 335 g/mol. The summed E-state index contributed by atoms with van der Waals surface area (Å²) < 4.78 is 1.32. The van der Waals surface area contributed by atoms with Crippen LogP contribution in [0.25, 0.3) is 0 Å². The lowest BCUT2D eigenvalue weighted by molar-refractivity contribution is -0.121. The molecule has 0 radical (unpaired) electrons. The van der Waals surface area contributed by atoms with E-state index in [1.807, 2.05) is 0 Å². The average Bonchev–Trinajstić information content (AvgIpc) is 2.67. The number of Topliss-reactive ketones (excluding diaryl/α,β-unsaturated/α-hetero) is 1. The fourth-order valence-corrected chi connectivity index (χ4v) is 1.93. The molecule has 0 fully saturated rings. The summed E-state index contributed by atoms with van der Waals surface area (Å²) in [6.07, 6.45) is 2.70. The molecular formula is C7H7BrCl3N3O. The Morgan fingerprint density at radius 1 is 1.60 bits per heavy atom. The Balaban J connectivity index is 2.86. The van der Waals surface area contributed by atoms with Crippen LogP contribution in [0.2, 0.25) is 0 Å². The van der Waals surface area contributed by atoms with E-state index in [2.05, 4.69) is 26.0 Å². The first kappa shape index (κ1) is 13.2. The highest BCUT2D eigenvalue weighted by molar-refractivity contribution is 9.09. The van der Waals surface area contributed by atoms with Gasteiger partial charge in [-0.05, 0) is 6.92 Å². The molecular weight excluding hydrogens is 328 g/mol. The molecule has 0 spiro atoms. The van der Waals surface area contributed by atoms with E-state index in [1.54, 1.807) is 0 Å². The number of carbonyl (C=O) groups excluding carboxylic acids is 1. The molecule has 0 amide bonds. The lowest BCUT2D eigenvalue weighted by Gasteiger charge is -2.24. The second-order valence-corrected chi connectivity index (χ2v) is 5.70. The van der Waals surface area contributed by atoms with Gasteiger partial charge in [-0.3, -0.25) is 4.79 Å². The fraction of sp³-hybridized carbons (Fsp3) is 0.571. The number of hydrogen-bond acceptors (Lipinski definition) is 3. The molecule has 1 aromatic heterocycles. The zero-order valence-electron chi connectivity index (χ0n) is 7.57. The summed E-state index contributed by atoms with van der Waals surface area (Å²) >= 11 is 20.3. The van der Waals surface area contributed by atoms with Gasteiger partial charge in [-0.25, -0.2) is 9.67 Å². The molecule has 8 heteroatoms. The SMILES string of the molecule is CC(Cl)(C(=O)C(Br)n1cncn1)C(Cl)Cl. The van der Waals surface area contributed by atoms with E-state index in [1.165, 1.54) is 24.3 Å². The van der Waals surface area contributed by atoms with Crippen LogP contribution in [-0.2, 0) is 4.79 Å². The molecule has 0 N–H and O–H groups in total. The first-order chi connectivity index (χ1) is 6.87. The van der Waals surface area contributed by atoms with Gasteiger partial charge in [0, 0.05) is 0 Å². The van der Waals surface area contributed by atoms with Gasteiger partial charge in [0.2, 0.25) is 0 Å². The Morgan fingerprint density at radius 3 is 2.60 bits per heavy atom. The van der Waals surface area contributed by atoms with Crippen molar-refractivity contribution < 1.29 is 4.79 Å². The minimum atomic E-state index is -1.37. The van der Waals surface area contributed by atoms with Gasteiger partial charge in [0.1, 0.15) is 22.4 Å². The largest absolute Gasteiger partial charge is 0.294 e. The van der Waals surface area contributed by atoms with E-state index in [0.717, 1.165) is 0 Å². The molecule has 1 aromatic rings. The lowest BCUT2D eigenvalue weighted by Crippen LogP contribution is -2.39. The van der Waals surface area contributed by atoms with Crippen LogP contribution < -0.4 is 0 Å². The Bertz CT molecular complexity index is 341. The molecule has 0 saturated carbocycles. The van der Waals surface area contributed by atoms with Gasteiger partial charge in [-0.15, -0.1) is 34.8 Å². The van der Waals surface area contributed by atoms with Crippen LogP contribution in [0, 0.1) is 0 Å². The first-order valence-corrected chi connectivity index (χ1v) is 6.03. The van der Waals surface area contributed by atoms with Crippen LogP contribution in [0.3, 0.4) is 0 Å². The molecule has 1 heterocycles. The number of aromatic nitrogens is 3. The summed E-state index contributed by atoms with van der Waals surface area (Å²) in [5, 5.41) is 3.80. The molecule has 1 rings (SSSR count). The zero-order chi connectivity index (χ0) is 11.6. The Hall–Kier alpha value is 0.160. The number of nitrogens with zero attached hydrogens (tertiary/aromatic N) is 3. The van der Waals surface area contributed by atoms with Gasteiger partial charge in [0.15, 0.2) is 10.7 Å². The van der Waals surface area contributed by atoms with E-state index in [9.17, 15) is 4.79 Å². The predicted molar refractivity (Wildman–Crippen MR) is 62.7 cm³/mol. The summed E-state index contributed by atoms with van der Waals surface area (Å²) in [6, 6.07) is 0. The molecule has 0 aliphatic rings. The van der Waals surface area contributed by atoms with Crippen molar-refractivity contribution in [3.63, 3.8) is 0 Å². The second-order valence-electron chi connectivity index (χ2n) is 2.95. The van der Waals surface area contributed by atoms with E-state index >= 15 is 0 Å². The number of alkyl halides is 4. The van der Waals surface area contributed by atoms with E-state index in [-0.39, 0.29) is 5.78 Å². The van der Waals surface area contributed by atoms with Crippen molar-refractivity contribution in [3.8, 4) is 0 Å². The quantitative estimate of drug-likeness (QED) is 0.795. The standard InChI is InChI=1S/C7H7BrCl3N3O/c1-7(11,6(9)10)4(15)5(8)14-3-12-2-13-14/h2-3,5-6H,1H3. The maximum atomic E-state index is 11.9.